The molecule has 0 saturated heterocycles. The van der Waals surface area contributed by atoms with Gasteiger partial charge >= 0.3 is 0 Å². The van der Waals surface area contributed by atoms with Crippen LogP contribution in [0.3, 0.4) is 0 Å². The van der Waals surface area contributed by atoms with Crippen LogP contribution in [-0.2, 0) is 16.0 Å². The molecule has 2 aromatic carbocycles. The molecule has 3 rings (SSSR count). The van der Waals surface area contributed by atoms with Crippen molar-refractivity contribution < 1.29 is 19.8 Å². The molecule has 2 aromatic rings. The van der Waals surface area contributed by atoms with Crippen LogP contribution in [-0.4, -0.2) is 21.9 Å². The number of carbonyl (C=O) groups excluding carboxylic acids is 2. The number of carbonyl (C=O) groups is 2. The van der Waals surface area contributed by atoms with Crippen molar-refractivity contribution in [1.82, 2.24) is 0 Å². The first-order valence-electron chi connectivity index (χ1n) is 9.45. The van der Waals surface area contributed by atoms with Crippen LogP contribution < -0.4 is 4.90 Å². The fourth-order valence-corrected chi connectivity index (χ4v) is 3.60. The van der Waals surface area contributed by atoms with Crippen LogP contribution in [0, 0.1) is 5.41 Å². The second-order valence-corrected chi connectivity index (χ2v) is 8.56. The molecular weight excluding hydrogens is 390 g/mol. The largest absolute Gasteiger partial charge is 0.506 e. The van der Waals surface area contributed by atoms with Crippen molar-refractivity contribution in [1.29, 1.82) is 0 Å². The summed E-state index contributed by atoms with van der Waals surface area (Å²) in [6, 6.07) is 11.1. The summed E-state index contributed by atoms with van der Waals surface area (Å²) in [5, 5.41) is 20.6. The lowest BCUT2D eigenvalue weighted by Crippen LogP contribution is -2.32. The number of rotatable bonds is 4. The summed E-state index contributed by atoms with van der Waals surface area (Å²) in [4.78, 5) is 27.6. The number of phenolic OH excluding ortho intramolecular Hbond substituents is 1. The number of ketones is 1. The number of benzene rings is 2. The van der Waals surface area contributed by atoms with Gasteiger partial charge in [0.2, 0.25) is 0 Å². The molecule has 6 heteroatoms. The van der Waals surface area contributed by atoms with Crippen molar-refractivity contribution in [3.63, 3.8) is 0 Å². The quantitative estimate of drug-likeness (QED) is 0.728. The average Bonchev–Trinajstić information content (AvgIpc) is 2.94. The zero-order valence-electron chi connectivity index (χ0n) is 16.9. The molecular formula is C23H24ClNO4. The third-order valence-electron chi connectivity index (χ3n) is 5.04. The summed E-state index contributed by atoms with van der Waals surface area (Å²) in [6.07, 6.45) is 0.850. The number of aromatic hydroxyl groups is 1. The zero-order chi connectivity index (χ0) is 21.5. The maximum atomic E-state index is 13.2. The van der Waals surface area contributed by atoms with Crippen molar-refractivity contribution >= 4 is 29.0 Å². The van der Waals surface area contributed by atoms with E-state index in [1.165, 1.54) is 17.0 Å². The van der Waals surface area contributed by atoms with Gasteiger partial charge < -0.3 is 10.2 Å². The molecule has 5 nitrogen and oxygen atoms in total. The SMILES string of the molecule is CCc1ccc(N2C(=O)C(O)=C(C(=O)C(C)(C)C)C2c2ccc(O)c(Cl)c2)cc1. The summed E-state index contributed by atoms with van der Waals surface area (Å²) in [7, 11) is 0. The van der Waals surface area contributed by atoms with Gasteiger partial charge in [0.1, 0.15) is 5.75 Å². The number of hydrogen-bond acceptors (Lipinski definition) is 4. The molecule has 2 N–H and O–H groups in total. The number of phenols is 1. The minimum atomic E-state index is -0.847. The van der Waals surface area contributed by atoms with Crippen LogP contribution in [0.4, 0.5) is 5.69 Å². The van der Waals surface area contributed by atoms with E-state index in [-0.39, 0.29) is 22.1 Å². The Balaban J connectivity index is 2.20. The first-order valence-corrected chi connectivity index (χ1v) is 9.83. The second-order valence-electron chi connectivity index (χ2n) is 8.15. The highest BCUT2D eigenvalue weighted by Gasteiger charge is 2.46. The van der Waals surface area contributed by atoms with Gasteiger partial charge in [0, 0.05) is 11.1 Å². The lowest BCUT2D eigenvalue weighted by Gasteiger charge is -2.29. The van der Waals surface area contributed by atoms with Crippen LogP contribution >= 0.6 is 11.6 Å². The number of amides is 1. The molecule has 1 atom stereocenters. The summed E-state index contributed by atoms with van der Waals surface area (Å²) in [5.41, 5.74) is 1.42. The summed E-state index contributed by atoms with van der Waals surface area (Å²) in [5.74, 6) is -1.63. The Morgan fingerprint density at radius 1 is 1.10 bits per heavy atom. The van der Waals surface area contributed by atoms with Gasteiger partial charge in [0.25, 0.3) is 5.91 Å². The molecule has 0 saturated carbocycles. The smallest absolute Gasteiger partial charge is 0.294 e. The molecule has 0 radical (unpaired) electrons. The van der Waals surface area contributed by atoms with Gasteiger partial charge in [0.15, 0.2) is 11.5 Å². The molecule has 0 spiro atoms. The lowest BCUT2D eigenvalue weighted by atomic mass is 9.82. The normalized spacial score (nSPS) is 17.2. The standard InChI is InChI=1S/C23H24ClNO4/c1-5-13-6-9-15(10-7-13)25-19(14-8-11-17(26)16(24)12-14)18(20(27)22(25)29)21(28)23(2,3)4/h6-12,19,26-27H,5H2,1-4H3. The van der Waals surface area contributed by atoms with Gasteiger partial charge in [-0.3, -0.25) is 14.5 Å². The van der Waals surface area contributed by atoms with Crippen LogP contribution in [0.1, 0.15) is 44.9 Å². The number of hydrogen-bond donors (Lipinski definition) is 2. The number of aliphatic hydroxyl groups is 1. The van der Waals surface area contributed by atoms with Gasteiger partial charge in [-0.05, 0) is 41.8 Å². The minimum Gasteiger partial charge on any atom is -0.506 e. The highest BCUT2D eigenvalue weighted by atomic mass is 35.5. The van der Waals surface area contributed by atoms with Crippen LogP contribution in [0.2, 0.25) is 5.02 Å². The Labute approximate surface area is 175 Å². The van der Waals surface area contributed by atoms with Gasteiger partial charge in [-0.15, -0.1) is 0 Å². The van der Waals surface area contributed by atoms with Gasteiger partial charge in [-0.2, -0.15) is 0 Å². The topological polar surface area (TPSA) is 77.8 Å². The van der Waals surface area contributed by atoms with Crippen molar-refractivity contribution in [3.8, 4) is 5.75 Å². The predicted molar refractivity (Wildman–Crippen MR) is 113 cm³/mol. The van der Waals surface area contributed by atoms with Crippen LogP contribution in [0.15, 0.2) is 53.8 Å². The van der Waals surface area contributed by atoms with E-state index in [1.54, 1.807) is 39.0 Å². The van der Waals surface area contributed by atoms with E-state index in [1.807, 2.05) is 19.1 Å². The van der Waals surface area contributed by atoms with Crippen molar-refractivity contribution in [3.05, 3.63) is 69.9 Å². The van der Waals surface area contributed by atoms with E-state index in [0.717, 1.165) is 12.0 Å². The number of aryl methyl sites for hydroxylation is 1. The Bertz CT molecular complexity index is 1000. The molecule has 1 aliphatic rings. The average molecular weight is 414 g/mol. The Hall–Kier alpha value is -2.79. The Morgan fingerprint density at radius 3 is 2.24 bits per heavy atom. The molecule has 152 valence electrons. The van der Waals surface area contributed by atoms with E-state index in [2.05, 4.69) is 0 Å². The first-order chi connectivity index (χ1) is 13.6. The fraction of sp³-hybridized carbons (Fsp3) is 0.304. The van der Waals surface area contributed by atoms with E-state index < -0.39 is 23.1 Å². The number of anilines is 1. The van der Waals surface area contributed by atoms with E-state index in [4.69, 9.17) is 11.6 Å². The Kier molecular flexibility index (Phi) is 5.46. The molecule has 1 heterocycles. The highest BCUT2D eigenvalue weighted by molar-refractivity contribution is 6.32. The number of nitrogens with zero attached hydrogens (tertiary/aromatic N) is 1. The van der Waals surface area contributed by atoms with Crippen molar-refractivity contribution in [2.45, 2.75) is 40.2 Å². The van der Waals surface area contributed by atoms with E-state index in [0.29, 0.717) is 11.3 Å². The second kappa shape index (κ2) is 7.56. The maximum absolute atomic E-state index is 13.2. The monoisotopic (exact) mass is 413 g/mol. The lowest BCUT2D eigenvalue weighted by molar-refractivity contribution is -0.123. The summed E-state index contributed by atoms with van der Waals surface area (Å²) < 4.78 is 0. The molecule has 0 aromatic heterocycles. The minimum absolute atomic E-state index is 0.0313. The van der Waals surface area contributed by atoms with Crippen molar-refractivity contribution in [2.24, 2.45) is 5.41 Å². The van der Waals surface area contributed by atoms with Gasteiger partial charge in [-0.25, -0.2) is 0 Å². The number of halogens is 1. The Morgan fingerprint density at radius 2 is 1.72 bits per heavy atom. The van der Waals surface area contributed by atoms with Gasteiger partial charge in [-0.1, -0.05) is 57.5 Å². The molecule has 0 bridgehead atoms. The molecule has 29 heavy (non-hydrogen) atoms. The highest BCUT2D eigenvalue weighted by Crippen LogP contribution is 2.44. The molecule has 0 fully saturated rings. The molecule has 1 unspecified atom stereocenters. The maximum Gasteiger partial charge on any atom is 0.294 e. The fourth-order valence-electron chi connectivity index (χ4n) is 3.41. The number of aliphatic hydroxyl groups excluding tert-OH is 1. The first kappa shape index (κ1) is 20.9. The summed E-state index contributed by atoms with van der Waals surface area (Å²) >= 11 is 6.10. The van der Waals surface area contributed by atoms with E-state index >= 15 is 0 Å². The van der Waals surface area contributed by atoms with Crippen molar-refractivity contribution in [2.75, 3.05) is 4.90 Å². The molecule has 0 aliphatic carbocycles. The third-order valence-corrected chi connectivity index (χ3v) is 5.35. The van der Waals surface area contributed by atoms with E-state index in [9.17, 15) is 19.8 Å². The summed E-state index contributed by atoms with van der Waals surface area (Å²) in [6.45, 7) is 7.24. The number of Topliss-reactive ketones (excluding diaryl/α,β-unsaturated/α-hetero) is 1. The molecule has 1 aliphatic heterocycles. The molecule has 1 amide bonds. The van der Waals surface area contributed by atoms with Crippen LogP contribution in [0.25, 0.3) is 0 Å². The van der Waals surface area contributed by atoms with Crippen LogP contribution in [0.5, 0.6) is 5.75 Å². The zero-order valence-corrected chi connectivity index (χ0v) is 17.6. The predicted octanol–water partition coefficient (Wildman–Crippen LogP) is 5.12. The third kappa shape index (κ3) is 3.75. The van der Waals surface area contributed by atoms with Gasteiger partial charge in [0.05, 0.1) is 16.6 Å².